The maximum atomic E-state index is 8.67. The van der Waals surface area contributed by atoms with Crippen LogP contribution in [0.2, 0.25) is 0 Å². The average Bonchev–Trinajstić information content (AvgIpc) is 2.60. The molecule has 0 aliphatic carbocycles. The van der Waals surface area contributed by atoms with Crippen LogP contribution in [-0.4, -0.2) is 51.8 Å². The van der Waals surface area contributed by atoms with Crippen molar-refractivity contribution in [3.05, 3.63) is 0 Å². The summed E-state index contributed by atoms with van der Waals surface area (Å²) in [7, 11) is 0. The Kier molecular flexibility index (Phi) is 14.2. The van der Waals surface area contributed by atoms with Gasteiger partial charge in [0.1, 0.15) is 5.60 Å². The first-order valence-electron chi connectivity index (χ1n) is 7.59. The molecule has 0 radical (unpaired) electrons. The highest BCUT2D eigenvalue weighted by atomic mass is 16.6. The van der Waals surface area contributed by atoms with Crippen LogP contribution in [0, 0.1) is 45.3 Å². The second-order valence-corrected chi connectivity index (χ2v) is 4.82. The molecule has 130 valence electrons. The number of nitrogens with zero attached hydrogens (tertiary/aromatic N) is 4. The minimum atomic E-state index is -0.947. The molecule has 24 heavy (non-hydrogen) atoms. The van der Waals surface area contributed by atoms with Crippen LogP contribution in [0.15, 0.2) is 0 Å². The molecule has 8 heteroatoms. The molecule has 0 spiro atoms. The summed E-state index contributed by atoms with van der Waals surface area (Å²) in [5, 5.41) is 34.4. The van der Waals surface area contributed by atoms with E-state index < -0.39 is 5.60 Å². The Morgan fingerprint density at radius 3 is 1.21 bits per heavy atom. The molecule has 0 aromatic heterocycles. The minimum absolute atomic E-state index is 0.124. The molecule has 0 heterocycles. The second kappa shape index (κ2) is 15.7. The maximum absolute atomic E-state index is 8.67. The predicted molar refractivity (Wildman–Crippen MR) is 82.1 cm³/mol. The third-order valence-corrected chi connectivity index (χ3v) is 2.79. The topological polar surface area (TPSA) is 132 Å². The summed E-state index contributed by atoms with van der Waals surface area (Å²) in [6.07, 6.45) is 0.951. The van der Waals surface area contributed by atoms with E-state index in [-0.39, 0.29) is 71.9 Å². The van der Waals surface area contributed by atoms with Crippen LogP contribution in [0.4, 0.5) is 0 Å². The zero-order valence-corrected chi connectivity index (χ0v) is 13.7. The van der Waals surface area contributed by atoms with Gasteiger partial charge < -0.3 is 18.9 Å². The normalized spacial score (nSPS) is 10.3. The van der Waals surface area contributed by atoms with Crippen molar-refractivity contribution in [2.45, 2.75) is 31.3 Å². The summed E-state index contributed by atoms with van der Waals surface area (Å²) in [4.78, 5) is 0. The van der Waals surface area contributed by atoms with Crippen molar-refractivity contribution in [3.8, 4) is 24.3 Å². The smallest absolute Gasteiger partial charge is 0.138 e. The first kappa shape index (κ1) is 21.8. The standard InChI is InChI=1S/C16H22N4O4/c17-5-1-9-21-13-16(24-12-4-8-20,14-22-10-2-6-18)15-23-11-3-7-19/h1-4,9-15H2. The van der Waals surface area contributed by atoms with Crippen molar-refractivity contribution in [1.82, 2.24) is 0 Å². The molecule has 0 rings (SSSR count). The van der Waals surface area contributed by atoms with Crippen LogP contribution in [-0.2, 0) is 18.9 Å². The Bertz CT molecular complexity index is 429. The van der Waals surface area contributed by atoms with Gasteiger partial charge in [0.05, 0.1) is 96.2 Å². The first-order chi connectivity index (χ1) is 11.7. The van der Waals surface area contributed by atoms with Crippen molar-refractivity contribution in [2.24, 2.45) is 0 Å². The SMILES string of the molecule is N#CCCOCC(COCCC#N)(COCCC#N)OCCC#N. The van der Waals surface area contributed by atoms with Crippen LogP contribution in [0.1, 0.15) is 25.7 Å². The van der Waals surface area contributed by atoms with Crippen molar-refractivity contribution < 1.29 is 18.9 Å². The molecule has 0 unspecified atom stereocenters. The lowest BCUT2D eigenvalue weighted by Gasteiger charge is -2.33. The molecule has 0 atom stereocenters. The van der Waals surface area contributed by atoms with E-state index in [1.54, 1.807) is 0 Å². The van der Waals surface area contributed by atoms with Gasteiger partial charge >= 0.3 is 0 Å². The number of hydrogen-bond acceptors (Lipinski definition) is 8. The van der Waals surface area contributed by atoms with Crippen LogP contribution < -0.4 is 0 Å². The molecular formula is C16H22N4O4. The highest BCUT2D eigenvalue weighted by Gasteiger charge is 2.33. The average molecular weight is 334 g/mol. The van der Waals surface area contributed by atoms with E-state index >= 15 is 0 Å². The van der Waals surface area contributed by atoms with Crippen LogP contribution >= 0.6 is 0 Å². The molecular weight excluding hydrogens is 312 g/mol. The summed E-state index contributed by atoms with van der Waals surface area (Å²) >= 11 is 0. The van der Waals surface area contributed by atoms with Crippen molar-refractivity contribution in [2.75, 3.05) is 46.2 Å². The largest absolute Gasteiger partial charge is 0.377 e. The van der Waals surface area contributed by atoms with Gasteiger partial charge in [0, 0.05) is 0 Å². The van der Waals surface area contributed by atoms with Gasteiger partial charge in [0.15, 0.2) is 0 Å². The van der Waals surface area contributed by atoms with E-state index in [9.17, 15) is 0 Å². The molecule has 8 nitrogen and oxygen atoms in total. The fourth-order valence-corrected chi connectivity index (χ4v) is 1.69. The lowest BCUT2D eigenvalue weighted by molar-refractivity contribution is -0.164. The van der Waals surface area contributed by atoms with E-state index in [2.05, 4.69) is 0 Å². The zero-order valence-electron chi connectivity index (χ0n) is 13.7. The number of rotatable bonds is 15. The van der Waals surface area contributed by atoms with E-state index in [0.29, 0.717) is 0 Å². The van der Waals surface area contributed by atoms with E-state index in [0.717, 1.165) is 0 Å². The fourth-order valence-electron chi connectivity index (χ4n) is 1.69. The Hall–Kier alpha value is -2.20. The Morgan fingerprint density at radius 1 is 0.542 bits per heavy atom. The Balaban J connectivity index is 4.72. The van der Waals surface area contributed by atoms with Gasteiger partial charge in [-0.15, -0.1) is 0 Å². The summed E-state index contributed by atoms with van der Waals surface area (Å²) in [6.45, 7) is 1.29. The molecule has 0 aromatic carbocycles. The Morgan fingerprint density at radius 2 is 0.875 bits per heavy atom. The van der Waals surface area contributed by atoms with Gasteiger partial charge in [-0.1, -0.05) is 0 Å². The van der Waals surface area contributed by atoms with Crippen molar-refractivity contribution >= 4 is 0 Å². The monoisotopic (exact) mass is 334 g/mol. The minimum Gasteiger partial charge on any atom is -0.377 e. The number of ether oxygens (including phenoxy) is 4. The second-order valence-electron chi connectivity index (χ2n) is 4.82. The lowest BCUT2D eigenvalue weighted by atomic mass is 10.1. The van der Waals surface area contributed by atoms with Crippen molar-refractivity contribution in [3.63, 3.8) is 0 Å². The van der Waals surface area contributed by atoms with Crippen LogP contribution in [0.25, 0.3) is 0 Å². The highest BCUT2D eigenvalue weighted by Crippen LogP contribution is 2.16. The summed E-state index contributed by atoms with van der Waals surface area (Å²) in [5.41, 5.74) is -0.947. The maximum Gasteiger partial charge on any atom is 0.138 e. The molecule has 0 saturated carbocycles. The van der Waals surface area contributed by atoms with Gasteiger partial charge in [-0.05, 0) is 0 Å². The summed E-state index contributed by atoms with van der Waals surface area (Å²) in [5.74, 6) is 0. The van der Waals surface area contributed by atoms with Crippen molar-refractivity contribution in [1.29, 1.82) is 21.0 Å². The van der Waals surface area contributed by atoms with E-state index in [4.69, 9.17) is 40.0 Å². The zero-order chi connectivity index (χ0) is 17.9. The summed E-state index contributed by atoms with van der Waals surface area (Å²) < 4.78 is 22.2. The van der Waals surface area contributed by atoms with Gasteiger partial charge in [0.25, 0.3) is 0 Å². The molecule has 0 fully saturated rings. The first-order valence-corrected chi connectivity index (χ1v) is 7.59. The van der Waals surface area contributed by atoms with Gasteiger partial charge in [0.2, 0.25) is 0 Å². The number of hydrogen-bond donors (Lipinski definition) is 0. The molecule has 0 amide bonds. The fraction of sp³-hybridized carbons (Fsp3) is 0.750. The quantitative estimate of drug-likeness (QED) is 0.411. The van der Waals surface area contributed by atoms with Gasteiger partial charge in [-0.2, -0.15) is 21.0 Å². The molecule has 0 aliphatic rings. The molecule has 0 saturated heterocycles. The lowest BCUT2D eigenvalue weighted by Crippen LogP contribution is -2.47. The third kappa shape index (κ3) is 11.4. The predicted octanol–water partition coefficient (Wildman–Crippen LogP) is 1.45. The van der Waals surface area contributed by atoms with Gasteiger partial charge in [-0.25, -0.2) is 0 Å². The highest BCUT2D eigenvalue weighted by molar-refractivity contribution is 4.83. The molecule has 0 aromatic rings. The van der Waals surface area contributed by atoms with Crippen LogP contribution in [0.5, 0.6) is 0 Å². The third-order valence-electron chi connectivity index (χ3n) is 2.79. The number of nitriles is 4. The molecule has 0 bridgehead atoms. The van der Waals surface area contributed by atoms with Crippen LogP contribution in [0.3, 0.4) is 0 Å². The Labute approximate surface area is 142 Å². The summed E-state index contributed by atoms with van der Waals surface area (Å²) in [6, 6.07) is 7.94. The van der Waals surface area contributed by atoms with Gasteiger partial charge in [-0.3, -0.25) is 0 Å². The molecule has 0 aliphatic heterocycles. The molecule has 0 N–H and O–H groups in total. The van der Waals surface area contributed by atoms with E-state index in [1.807, 2.05) is 24.3 Å². The van der Waals surface area contributed by atoms with E-state index in [1.165, 1.54) is 0 Å².